The summed E-state index contributed by atoms with van der Waals surface area (Å²) in [6, 6.07) is 0. The van der Waals surface area contributed by atoms with E-state index in [0.29, 0.717) is 25.0 Å². The summed E-state index contributed by atoms with van der Waals surface area (Å²) in [6.07, 6.45) is 15.8. The van der Waals surface area contributed by atoms with E-state index in [1.807, 2.05) is 26.0 Å². The van der Waals surface area contributed by atoms with E-state index >= 15 is 0 Å². The molecule has 0 aromatic carbocycles. The van der Waals surface area contributed by atoms with Gasteiger partial charge in [0, 0.05) is 12.0 Å². The Morgan fingerprint density at radius 1 is 1.28 bits per heavy atom. The fourth-order valence-electron chi connectivity index (χ4n) is 4.29. The van der Waals surface area contributed by atoms with Crippen molar-refractivity contribution in [3.8, 4) is 0 Å². The zero-order valence-electron chi connectivity index (χ0n) is 18.1. The molecule has 2 atom stereocenters. The number of nitrogens with zero attached hydrogens (tertiary/aromatic N) is 1. The number of hydrogen-bond acceptors (Lipinski definition) is 4. The van der Waals surface area contributed by atoms with Gasteiger partial charge in [0.05, 0.1) is 11.7 Å². The molecular formula is C22H39N2O4P. The van der Waals surface area contributed by atoms with E-state index in [1.54, 1.807) is 0 Å². The van der Waals surface area contributed by atoms with Gasteiger partial charge in [-0.2, -0.15) is 0 Å². The van der Waals surface area contributed by atoms with Crippen molar-refractivity contribution in [2.75, 3.05) is 6.16 Å². The van der Waals surface area contributed by atoms with Crippen LogP contribution in [0, 0.1) is 5.92 Å². The molecule has 1 fully saturated rings. The van der Waals surface area contributed by atoms with Crippen molar-refractivity contribution < 1.29 is 19.1 Å². The summed E-state index contributed by atoms with van der Waals surface area (Å²) in [4.78, 5) is 35.3. The van der Waals surface area contributed by atoms with Gasteiger partial charge in [0.15, 0.2) is 5.78 Å². The summed E-state index contributed by atoms with van der Waals surface area (Å²) in [5.74, 6) is 0.979. The summed E-state index contributed by atoms with van der Waals surface area (Å²) in [5, 5.41) is 0. The van der Waals surface area contributed by atoms with E-state index in [4.69, 9.17) is 15.5 Å². The van der Waals surface area contributed by atoms with E-state index in [2.05, 4.69) is 4.99 Å². The Morgan fingerprint density at radius 2 is 1.97 bits per heavy atom. The lowest BCUT2D eigenvalue weighted by Gasteiger charge is -2.28. The van der Waals surface area contributed by atoms with E-state index < -0.39 is 18.7 Å². The lowest BCUT2D eigenvalue weighted by Crippen LogP contribution is -2.39. The van der Waals surface area contributed by atoms with Crippen molar-refractivity contribution in [1.29, 1.82) is 0 Å². The van der Waals surface area contributed by atoms with Crippen molar-refractivity contribution in [1.82, 2.24) is 0 Å². The number of aliphatic imine (C=N–C) groups is 1. The average molecular weight is 427 g/mol. The van der Waals surface area contributed by atoms with Gasteiger partial charge in [-0.3, -0.25) is 14.4 Å². The van der Waals surface area contributed by atoms with Crippen molar-refractivity contribution in [2.24, 2.45) is 16.6 Å². The minimum Gasteiger partial charge on any atom is -0.325 e. The first-order chi connectivity index (χ1) is 13.5. The van der Waals surface area contributed by atoms with E-state index in [9.17, 15) is 9.36 Å². The summed E-state index contributed by atoms with van der Waals surface area (Å²) < 4.78 is 11.1. The van der Waals surface area contributed by atoms with Crippen LogP contribution in [-0.4, -0.2) is 38.5 Å². The monoisotopic (exact) mass is 426 g/mol. The van der Waals surface area contributed by atoms with E-state index in [0.717, 1.165) is 18.8 Å². The van der Waals surface area contributed by atoms with Crippen LogP contribution in [0.1, 0.15) is 90.9 Å². The first-order valence-electron chi connectivity index (χ1n) is 11.1. The van der Waals surface area contributed by atoms with Gasteiger partial charge < -0.3 is 15.5 Å². The van der Waals surface area contributed by atoms with E-state index in [1.165, 1.54) is 38.5 Å². The Bertz CT molecular complexity index is 662. The number of carbonyl (C=O) groups excluding carboxylic acids is 1. The van der Waals surface area contributed by atoms with Crippen LogP contribution in [0.2, 0.25) is 0 Å². The first-order valence-corrected chi connectivity index (χ1v) is 12.9. The number of rotatable bonds is 12. The zero-order valence-corrected chi connectivity index (χ0v) is 19.0. The second-order valence-electron chi connectivity index (χ2n) is 9.65. The van der Waals surface area contributed by atoms with Gasteiger partial charge in [-0.1, -0.05) is 51.0 Å². The van der Waals surface area contributed by atoms with Crippen LogP contribution < -0.4 is 5.73 Å². The van der Waals surface area contributed by atoms with Crippen LogP contribution in [0.15, 0.2) is 17.1 Å². The molecule has 0 saturated heterocycles. The molecule has 0 radical (unpaired) electrons. The molecule has 0 amide bonds. The molecule has 4 N–H and O–H groups in total. The molecule has 0 aromatic rings. The van der Waals surface area contributed by atoms with Crippen LogP contribution >= 0.6 is 7.60 Å². The molecule has 0 spiro atoms. The largest absolute Gasteiger partial charge is 0.325 e. The first kappa shape index (κ1) is 24.5. The fraction of sp³-hybridized carbons (Fsp3) is 0.818. The second kappa shape index (κ2) is 10.5. The molecule has 2 rings (SSSR count). The highest BCUT2D eigenvalue weighted by Gasteiger charge is 2.31. The predicted molar refractivity (Wildman–Crippen MR) is 118 cm³/mol. The van der Waals surface area contributed by atoms with Gasteiger partial charge >= 0.3 is 7.60 Å². The minimum atomic E-state index is -4.04. The maximum absolute atomic E-state index is 12.5. The van der Waals surface area contributed by atoms with Crippen LogP contribution in [0.3, 0.4) is 0 Å². The molecule has 2 aliphatic rings. The Labute approximate surface area is 175 Å². The fourth-order valence-corrected chi connectivity index (χ4v) is 5.09. The number of hydrogen-bond donors (Lipinski definition) is 3. The molecule has 1 saturated carbocycles. The van der Waals surface area contributed by atoms with Crippen LogP contribution in [0.25, 0.3) is 0 Å². The maximum atomic E-state index is 12.5. The molecular weight excluding hydrogens is 387 g/mol. The maximum Gasteiger partial charge on any atom is 0.325 e. The number of Topliss-reactive ketones (excluding diaryl/α,β-unsaturated/α-hetero) is 1. The van der Waals surface area contributed by atoms with Crippen molar-refractivity contribution >= 4 is 19.1 Å². The molecule has 1 heterocycles. The number of ketones is 1. The molecule has 6 nitrogen and oxygen atoms in total. The predicted octanol–water partition coefficient (Wildman–Crippen LogP) is 4.53. The Morgan fingerprint density at radius 3 is 2.62 bits per heavy atom. The highest BCUT2D eigenvalue weighted by Crippen LogP contribution is 2.38. The van der Waals surface area contributed by atoms with Gasteiger partial charge in [-0.25, -0.2) is 0 Å². The average Bonchev–Trinajstić information content (AvgIpc) is 3.05. The van der Waals surface area contributed by atoms with Crippen LogP contribution in [-0.2, 0) is 9.36 Å². The number of unbranched alkanes of at least 4 members (excludes halogenated alkanes) is 1. The summed E-state index contributed by atoms with van der Waals surface area (Å²) in [7, 11) is -4.04. The summed E-state index contributed by atoms with van der Waals surface area (Å²) in [6.45, 7) is 3.79. The van der Waals surface area contributed by atoms with Gasteiger partial charge in [0.25, 0.3) is 0 Å². The lowest BCUT2D eigenvalue weighted by atomic mass is 9.85. The second-order valence-corrected chi connectivity index (χ2v) is 11.4. The molecule has 7 heteroatoms. The SMILES string of the molecule is CC(N)(CCC1(C)C=CC(C(=O)CCCCC2CCCCC2)=N1)CCP(=O)(O)O. The van der Waals surface area contributed by atoms with Crippen LogP contribution in [0.4, 0.5) is 0 Å². The van der Waals surface area contributed by atoms with Crippen molar-refractivity contribution in [3.05, 3.63) is 12.2 Å². The number of nitrogens with two attached hydrogens (primary N) is 1. The summed E-state index contributed by atoms with van der Waals surface area (Å²) >= 11 is 0. The quantitative estimate of drug-likeness (QED) is 0.313. The van der Waals surface area contributed by atoms with Gasteiger partial charge in [-0.05, 0) is 51.5 Å². The highest BCUT2D eigenvalue weighted by molar-refractivity contribution is 7.51. The third kappa shape index (κ3) is 9.25. The third-order valence-corrected chi connectivity index (χ3v) is 7.24. The summed E-state index contributed by atoms with van der Waals surface area (Å²) in [5.41, 5.74) is 5.64. The molecule has 0 bridgehead atoms. The Kier molecular flexibility index (Phi) is 8.84. The van der Waals surface area contributed by atoms with Gasteiger partial charge in [0.2, 0.25) is 0 Å². The minimum absolute atomic E-state index is 0.116. The molecule has 166 valence electrons. The Hall–Kier alpha value is -0.810. The standard InChI is InChI=1S/C22H39N2O4P/c1-21(23,16-17-29(26,27)28)14-15-22(2)13-12-19(24-22)20(25)11-7-6-10-18-8-4-3-5-9-18/h12-13,18H,3-11,14-17,23H2,1-2H3,(H2,26,27,28). The molecule has 0 aromatic heterocycles. The zero-order chi connectivity index (χ0) is 21.5. The number of carbonyl (C=O) groups is 1. The third-order valence-electron chi connectivity index (χ3n) is 6.43. The smallest absolute Gasteiger partial charge is 0.325 e. The highest BCUT2D eigenvalue weighted by atomic mass is 31.2. The van der Waals surface area contributed by atoms with Crippen molar-refractivity contribution in [3.63, 3.8) is 0 Å². The van der Waals surface area contributed by atoms with Gasteiger partial charge in [-0.15, -0.1) is 0 Å². The molecule has 1 aliphatic carbocycles. The normalized spacial score (nSPS) is 25.1. The van der Waals surface area contributed by atoms with Gasteiger partial charge in [0.1, 0.15) is 5.71 Å². The lowest BCUT2D eigenvalue weighted by molar-refractivity contribution is -0.113. The molecule has 2 unspecified atom stereocenters. The van der Waals surface area contributed by atoms with E-state index in [-0.39, 0.29) is 18.4 Å². The number of allylic oxidation sites excluding steroid dienone is 1. The topological polar surface area (TPSA) is 113 Å². The van der Waals surface area contributed by atoms with Crippen molar-refractivity contribution in [2.45, 2.75) is 102 Å². The van der Waals surface area contributed by atoms with Crippen LogP contribution in [0.5, 0.6) is 0 Å². The molecule has 1 aliphatic heterocycles. The Balaban J connectivity index is 1.73. The molecule has 29 heavy (non-hydrogen) atoms.